The quantitative estimate of drug-likeness (QED) is 0.265. The summed E-state index contributed by atoms with van der Waals surface area (Å²) in [4.78, 5) is 28.6. The molecule has 1 saturated heterocycles. The zero-order valence-electron chi connectivity index (χ0n) is 24.8. The number of benzene rings is 2. The fourth-order valence-electron chi connectivity index (χ4n) is 6.56. The summed E-state index contributed by atoms with van der Waals surface area (Å²) in [5.74, 6) is 1.50. The minimum atomic E-state index is -1.34. The predicted molar refractivity (Wildman–Crippen MR) is 160 cm³/mol. The number of methoxy groups -OCH3 is 1. The molecule has 4 aromatic rings. The van der Waals surface area contributed by atoms with E-state index >= 15 is 0 Å². The molecule has 2 aliphatic rings. The van der Waals surface area contributed by atoms with Crippen molar-refractivity contribution in [3.63, 3.8) is 0 Å². The second-order valence-electron chi connectivity index (χ2n) is 12.8. The second kappa shape index (κ2) is 10.4. The molecule has 0 unspecified atom stereocenters. The number of amides is 2. The predicted octanol–water partition coefficient (Wildman–Crippen LogP) is 7.11. The Labute approximate surface area is 244 Å². The standard InChI is InChI=1S/C33H38FN3O5/c1-19-29-27(41-5)13-22(31(38)35-17-23(34)15-24(18-35)37(32(39)40)33(2,3)4)14-28(29)42-30(19)26-12-21-8-6-7-9-25(21)36(26)16-20-10-11-20/h6-9,12-14,20,23-24H,10-11,15-18H2,1-5H3,(H,39,40)/t23-,24-/m1/s1. The SMILES string of the molecule is COc1cc(C(=O)N2C[C@H](F)C[C@@H](N(C(=O)O)C(C)(C)C)C2)cc2oc(-c3cc4ccccc4n3CC3CC3)c(C)c12. The van der Waals surface area contributed by atoms with Crippen LogP contribution in [0, 0.1) is 12.8 Å². The number of hydrogen-bond acceptors (Lipinski definition) is 4. The summed E-state index contributed by atoms with van der Waals surface area (Å²) in [6.07, 6.45) is 0.0249. The molecule has 1 aliphatic heterocycles. The summed E-state index contributed by atoms with van der Waals surface area (Å²) in [6.45, 7) is 8.24. The van der Waals surface area contributed by atoms with Crippen LogP contribution in [-0.2, 0) is 6.54 Å². The lowest BCUT2D eigenvalue weighted by molar-refractivity contribution is 0.0126. The number of carbonyl (C=O) groups excluding carboxylic acids is 1. The van der Waals surface area contributed by atoms with E-state index in [-0.39, 0.29) is 25.4 Å². The Kier molecular flexibility index (Phi) is 6.94. The molecule has 8 nitrogen and oxygen atoms in total. The molecule has 6 rings (SSSR count). The zero-order valence-corrected chi connectivity index (χ0v) is 24.8. The number of para-hydroxylation sites is 1. The number of aryl methyl sites for hydroxylation is 1. The van der Waals surface area contributed by atoms with Crippen molar-refractivity contribution in [1.82, 2.24) is 14.4 Å². The van der Waals surface area contributed by atoms with Crippen LogP contribution < -0.4 is 4.74 Å². The first-order chi connectivity index (χ1) is 20.0. The van der Waals surface area contributed by atoms with Gasteiger partial charge in [0.05, 0.1) is 30.8 Å². The highest BCUT2D eigenvalue weighted by molar-refractivity contribution is 6.02. The molecule has 0 spiro atoms. The van der Waals surface area contributed by atoms with E-state index in [1.807, 2.05) is 19.1 Å². The van der Waals surface area contributed by atoms with Crippen molar-refractivity contribution in [2.45, 2.75) is 71.3 Å². The van der Waals surface area contributed by atoms with Crippen LogP contribution in [0.1, 0.15) is 56.0 Å². The number of carbonyl (C=O) groups is 2. The van der Waals surface area contributed by atoms with Crippen LogP contribution in [0.15, 0.2) is 46.9 Å². The van der Waals surface area contributed by atoms with Crippen LogP contribution in [0.3, 0.4) is 0 Å². The van der Waals surface area contributed by atoms with E-state index in [1.54, 1.807) is 40.0 Å². The number of aromatic nitrogens is 1. The first-order valence-electron chi connectivity index (χ1n) is 14.6. The van der Waals surface area contributed by atoms with E-state index in [1.165, 1.54) is 22.6 Å². The molecule has 1 N–H and O–H groups in total. The van der Waals surface area contributed by atoms with Gasteiger partial charge < -0.3 is 23.7 Å². The van der Waals surface area contributed by atoms with Crippen LogP contribution in [0.5, 0.6) is 5.75 Å². The Bertz CT molecular complexity index is 1680. The largest absolute Gasteiger partial charge is 0.496 e. The van der Waals surface area contributed by atoms with Gasteiger partial charge in [0.1, 0.15) is 17.5 Å². The van der Waals surface area contributed by atoms with Crippen LogP contribution in [0.25, 0.3) is 33.3 Å². The fourth-order valence-corrected chi connectivity index (χ4v) is 6.56. The number of likely N-dealkylation sites (tertiary alicyclic amines) is 1. The Morgan fingerprint density at radius 1 is 1.14 bits per heavy atom. The summed E-state index contributed by atoms with van der Waals surface area (Å²) >= 11 is 0. The molecule has 2 fully saturated rings. The van der Waals surface area contributed by atoms with Gasteiger partial charge in [-0.2, -0.15) is 0 Å². The Hall–Kier alpha value is -4.01. The zero-order chi connectivity index (χ0) is 29.9. The van der Waals surface area contributed by atoms with E-state index in [4.69, 9.17) is 9.15 Å². The van der Waals surface area contributed by atoms with Gasteiger partial charge in [0.2, 0.25) is 0 Å². The van der Waals surface area contributed by atoms with Crippen LogP contribution in [0.4, 0.5) is 9.18 Å². The van der Waals surface area contributed by atoms with Crippen molar-refractivity contribution in [3.8, 4) is 17.2 Å². The maximum Gasteiger partial charge on any atom is 0.408 e. The summed E-state index contributed by atoms with van der Waals surface area (Å²) in [5.41, 5.74) is 3.15. The van der Waals surface area contributed by atoms with Crippen molar-refractivity contribution in [2.24, 2.45) is 5.92 Å². The second-order valence-corrected chi connectivity index (χ2v) is 12.8. The first-order valence-corrected chi connectivity index (χ1v) is 14.6. The van der Waals surface area contributed by atoms with Gasteiger partial charge in [0, 0.05) is 47.1 Å². The van der Waals surface area contributed by atoms with Crippen molar-refractivity contribution in [2.75, 3.05) is 20.2 Å². The Morgan fingerprint density at radius 2 is 1.88 bits per heavy atom. The third-order valence-electron chi connectivity index (χ3n) is 8.60. The molecule has 1 saturated carbocycles. The number of alkyl halides is 1. The van der Waals surface area contributed by atoms with Crippen LogP contribution in [0.2, 0.25) is 0 Å². The normalized spacial score (nSPS) is 19.4. The highest BCUT2D eigenvalue weighted by atomic mass is 19.1. The third kappa shape index (κ3) is 4.99. The Balaban J connectivity index is 1.39. The van der Waals surface area contributed by atoms with Gasteiger partial charge in [0.15, 0.2) is 5.76 Å². The van der Waals surface area contributed by atoms with Gasteiger partial charge in [-0.25, -0.2) is 9.18 Å². The molecule has 42 heavy (non-hydrogen) atoms. The Morgan fingerprint density at radius 3 is 2.55 bits per heavy atom. The number of hydrogen-bond donors (Lipinski definition) is 1. The van der Waals surface area contributed by atoms with Gasteiger partial charge in [-0.05, 0) is 70.7 Å². The minimum absolute atomic E-state index is 0.0469. The number of nitrogens with zero attached hydrogens (tertiary/aromatic N) is 3. The van der Waals surface area contributed by atoms with E-state index in [0.717, 1.165) is 39.9 Å². The van der Waals surface area contributed by atoms with Gasteiger partial charge in [-0.3, -0.25) is 9.69 Å². The average molecular weight is 576 g/mol. The van der Waals surface area contributed by atoms with E-state index in [2.05, 4.69) is 22.8 Å². The van der Waals surface area contributed by atoms with E-state index < -0.39 is 23.8 Å². The molecule has 2 aromatic heterocycles. The number of rotatable bonds is 6. The lowest BCUT2D eigenvalue weighted by Crippen LogP contribution is -2.59. The topological polar surface area (TPSA) is 88.2 Å². The minimum Gasteiger partial charge on any atom is -0.496 e. The number of fused-ring (bicyclic) bond motifs is 2. The molecule has 9 heteroatoms. The van der Waals surface area contributed by atoms with Gasteiger partial charge >= 0.3 is 6.09 Å². The molecule has 2 aromatic carbocycles. The molecule has 1 aliphatic carbocycles. The highest BCUT2D eigenvalue weighted by Crippen LogP contribution is 2.42. The first kappa shape index (κ1) is 28.1. The van der Waals surface area contributed by atoms with Crippen molar-refractivity contribution in [3.05, 3.63) is 53.6 Å². The van der Waals surface area contributed by atoms with Crippen molar-refractivity contribution < 1.29 is 28.2 Å². The fraction of sp³-hybridized carbons (Fsp3) is 0.455. The number of furan rings is 1. The van der Waals surface area contributed by atoms with Crippen LogP contribution in [-0.4, -0.2) is 69.4 Å². The van der Waals surface area contributed by atoms with Gasteiger partial charge in [-0.1, -0.05) is 18.2 Å². The van der Waals surface area contributed by atoms with Gasteiger partial charge in [0.25, 0.3) is 5.91 Å². The maximum atomic E-state index is 15.0. The van der Waals surface area contributed by atoms with Gasteiger partial charge in [-0.15, -0.1) is 0 Å². The molecule has 3 heterocycles. The molecular formula is C33H38FN3O5. The molecule has 2 amide bonds. The van der Waals surface area contributed by atoms with Crippen molar-refractivity contribution >= 4 is 33.9 Å². The number of halogens is 1. The molecule has 0 radical (unpaired) electrons. The lowest BCUT2D eigenvalue weighted by atomic mass is 9.96. The van der Waals surface area contributed by atoms with E-state index in [9.17, 15) is 19.1 Å². The monoisotopic (exact) mass is 575 g/mol. The molecule has 0 bridgehead atoms. The molecule has 2 atom stereocenters. The summed E-state index contributed by atoms with van der Waals surface area (Å²) in [5, 5.41) is 11.8. The summed E-state index contributed by atoms with van der Waals surface area (Å²) < 4.78 is 29.6. The lowest BCUT2D eigenvalue weighted by Gasteiger charge is -2.45. The summed E-state index contributed by atoms with van der Waals surface area (Å²) in [7, 11) is 1.56. The highest BCUT2D eigenvalue weighted by Gasteiger charge is 2.40. The van der Waals surface area contributed by atoms with Crippen molar-refractivity contribution in [1.29, 1.82) is 0 Å². The van der Waals surface area contributed by atoms with E-state index in [0.29, 0.717) is 22.8 Å². The number of ether oxygens (including phenoxy) is 1. The smallest absolute Gasteiger partial charge is 0.408 e. The average Bonchev–Trinajstić information content (AvgIpc) is 3.59. The number of carboxylic acid groups (broad SMARTS) is 1. The van der Waals surface area contributed by atoms with Crippen LogP contribution >= 0.6 is 0 Å². The number of piperidine rings is 1. The summed E-state index contributed by atoms with van der Waals surface area (Å²) in [6, 6.07) is 13.2. The molecule has 222 valence electrons. The molecular weight excluding hydrogens is 537 g/mol. The maximum absolute atomic E-state index is 15.0. The third-order valence-corrected chi connectivity index (χ3v) is 8.60.